The molecule has 1 aliphatic heterocycles. The van der Waals surface area contributed by atoms with Gasteiger partial charge in [0.1, 0.15) is 0 Å². The van der Waals surface area contributed by atoms with E-state index in [9.17, 15) is 10.1 Å². The fraction of sp³-hybridized carbons (Fsp3) is 0. The maximum atomic E-state index is 11.9. The van der Waals surface area contributed by atoms with E-state index in [1.165, 1.54) is 41.5 Å². The van der Waals surface area contributed by atoms with E-state index in [1.807, 2.05) is 12.1 Å². The van der Waals surface area contributed by atoms with Crippen LogP contribution in [-0.2, 0) is 0 Å². The first kappa shape index (κ1) is 28.8. The van der Waals surface area contributed by atoms with Crippen molar-refractivity contribution in [2.45, 2.75) is 0 Å². The summed E-state index contributed by atoms with van der Waals surface area (Å²) in [5.74, 6) is 0. The smallest absolute Gasteiger partial charge is 0.258 e. The molecule has 0 radical (unpaired) electrons. The summed E-state index contributed by atoms with van der Waals surface area (Å²) in [6.45, 7) is 0. The highest BCUT2D eigenvalue weighted by Crippen LogP contribution is 2.29. The maximum absolute atomic E-state index is 11.9. The van der Waals surface area contributed by atoms with Crippen molar-refractivity contribution in [3.05, 3.63) is 198 Å². The summed E-state index contributed by atoms with van der Waals surface area (Å²) in [4.78, 5) is 11.6. The number of nitro benzene ring substituents is 1. The Balaban J connectivity index is 1.49. The normalized spacial score (nSPS) is 14.0. The standard InChI is InChI=1S/C42H31NO2Si2/c44-43(45)38-23-11-10-22-37(38)32-28-30-36(31-29-32)47(35-20-8-3-9-21-35)41-26-14-12-24-39(41)46(33-16-4-1-5-17-33,34-18-6-2-7-19-34)40-25-13-15-27-42(40)47/h1-31H. The van der Waals surface area contributed by atoms with Crippen LogP contribution in [0, 0.1) is 10.1 Å². The van der Waals surface area contributed by atoms with E-state index in [0.29, 0.717) is 5.56 Å². The first-order chi connectivity index (χ1) is 23.2. The van der Waals surface area contributed by atoms with Crippen molar-refractivity contribution in [1.29, 1.82) is 0 Å². The Morgan fingerprint density at radius 3 is 1.06 bits per heavy atom. The third-order valence-electron chi connectivity index (χ3n) is 9.82. The Morgan fingerprint density at radius 1 is 0.362 bits per heavy atom. The highest BCUT2D eigenvalue weighted by molar-refractivity contribution is 7.32. The predicted molar refractivity (Wildman–Crippen MR) is 199 cm³/mol. The molecule has 0 spiro atoms. The number of benzene rings is 7. The van der Waals surface area contributed by atoms with Gasteiger partial charge >= 0.3 is 0 Å². The summed E-state index contributed by atoms with van der Waals surface area (Å²) >= 11 is 0. The van der Waals surface area contributed by atoms with Gasteiger partial charge in [0.25, 0.3) is 5.69 Å². The van der Waals surface area contributed by atoms with E-state index >= 15 is 0 Å². The third-order valence-corrected chi connectivity index (χ3v) is 20.1. The number of fused-ring (bicyclic) bond motifs is 2. The summed E-state index contributed by atoms with van der Waals surface area (Å²) in [5.41, 5.74) is 1.58. The Labute approximate surface area is 276 Å². The molecular formula is C42H31NO2Si2. The highest BCUT2D eigenvalue weighted by atomic mass is 28.3. The first-order valence-electron chi connectivity index (χ1n) is 15.9. The highest BCUT2D eigenvalue weighted by Gasteiger charge is 2.56. The van der Waals surface area contributed by atoms with Crippen molar-refractivity contribution in [1.82, 2.24) is 0 Å². The van der Waals surface area contributed by atoms with Crippen LogP contribution < -0.4 is 41.5 Å². The molecule has 0 atom stereocenters. The van der Waals surface area contributed by atoms with Gasteiger partial charge in [-0.05, 0) is 53.1 Å². The van der Waals surface area contributed by atoms with Gasteiger partial charge in [0.2, 0.25) is 0 Å². The minimum absolute atomic E-state index is 0.116. The van der Waals surface area contributed by atoms with Crippen molar-refractivity contribution in [2.75, 3.05) is 0 Å². The lowest BCUT2D eigenvalue weighted by Gasteiger charge is -2.48. The molecule has 7 aromatic carbocycles. The van der Waals surface area contributed by atoms with Crippen molar-refractivity contribution >= 4 is 63.3 Å². The van der Waals surface area contributed by atoms with Crippen LogP contribution in [0.5, 0.6) is 0 Å². The van der Waals surface area contributed by atoms with E-state index < -0.39 is 16.1 Å². The molecule has 1 aliphatic rings. The number of nitro groups is 1. The summed E-state index contributed by atoms with van der Waals surface area (Å²) in [5, 5.41) is 22.9. The number of nitrogens with zero attached hydrogens (tertiary/aromatic N) is 1. The molecule has 0 fully saturated rings. The molecule has 0 aliphatic carbocycles. The minimum Gasteiger partial charge on any atom is -0.258 e. The molecule has 47 heavy (non-hydrogen) atoms. The lowest BCUT2D eigenvalue weighted by Crippen LogP contribution is -2.93. The van der Waals surface area contributed by atoms with Gasteiger partial charge in [-0.25, -0.2) is 0 Å². The molecule has 0 N–H and O–H groups in total. The zero-order valence-corrected chi connectivity index (χ0v) is 27.7. The van der Waals surface area contributed by atoms with Crippen LogP contribution in [0.3, 0.4) is 0 Å². The molecule has 0 bridgehead atoms. The molecule has 224 valence electrons. The molecule has 8 rings (SSSR count). The fourth-order valence-corrected chi connectivity index (χ4v) is 20.0. The molecule has 0 saturated carbocycles. The molecule has 7 aromatic rings. The molecule has 0 amide bonds. The summed E-state index contributed by atoms with van der Waals surface area (Å²) < 4.78 is 0. The van der Waals surface area contributed by atoms with Crippen LogP contribution in [0.25, 0.3) is 11.1 Å². The van der Waals surface area contributed by atoms with E-state index in [-0.39, 0.29) is 10.6 Å². The number of para-hydroxylation sites is 1. The average molecular weight is 638 g/mol. The third kappa shape index (κ3) is 4.32. The Kier molecular flexibility index (Phi) is 7.13. The lowest BCUT2D eigenvalue weighted by atomic mass is 10.0. The van der Waals surface area contributed by atoms with Crippen molar-refractivity contribution < 1.29 is 4.92 Å². The molecule has 0 saturated heterocycles. The quantitative estimate of drug-likeness (QED) is 0.155. The van der Waals surface area contributed by atoms with Crippen LogP contribution in [0.4, 0.5) is 5.69 Å². The lowest BCUT2D eigenvalue weighted by molar-refractivity contribution is -0.384. The monoisotopic (exact) mass is 637 g/mol. The van der Waals surface area contributed by atoms with Gasteiger partial charge in [-0.1, -0.05) is 176 Å². The zero-order chi connectivity index (χ0) is 31.8. The van der Waals surface area contributed by atoms with Gasteiger partial charge in [-0.15, -0.1) is 0 Å². The minimum atomic E-state index is -2.89. The predicted octanol–water partition coefficient (Wildman–Crippen LogP) is 4.33. The maximum Gasteiger partial charge on any atom is 0.277 e. The van der Waals surface area contributed by atoms with Crippen molar-refractivity contribution in [3.63, 3.8) is 0 Å². The average Bonchev–Trinajstić information content (AvgIpc) is 3.15. The van der Waals surface area contributed by atoms with Crippen LogP contribution in [0.1, 0.15) is 0 Å². The molecule has 0 aromatic heterocycles. The number of hydrogen-bond donors (Lipinski definition) is 0. The summed E-state index contributed by atoms with van der Waals surface area (Å²) in [7, 11) is -5.64. The van der Waals surface area contributed by atoms with E-state index in [2.05, 4.69) is 164 Å². The van der Waals surface area contributed by atoms with Crippen LogP contribution in [0.15, 0.2) is 188 Å². The number of hydrogen-bond acceptors (Lipinski definition) is 2. The fourth-order valence-electron chi connectivity index (χ4n) is 7.98. The zero-order valence-electron chi connectivity index (χ0n) is 25.7. The van der Waals surface area contributed by atoms with Gasteiger partial charge in [0.15, 0.2) is 16.1 Å². The largest absolute Gasteiger partial charge is 0.277 e. The van der Waals surface area contributed by atoms with Crippen LogP contribution >= 0.6 is 0 Å². The second-order valence-corrected chi connectivity index (χ2v) is 19.5. The Bertz CT molecular complexity index is 2130. The molecule has 5 heteroatoms. The SMILES string of the molecule is O=[N+]([O-])c1ccccc1-c1ccc([Si]2(c3ccccc3)c3ccccc3[Si](c3ccccc3)(c3ccccc3)c3ccccc32)cc1. The molecule has 3 nitrogen and oxygen atoms in total. The second-order valence-electron chi connectivity index (χ2n) is 12.0. The van der Waals surface area contributed by atoms with Gasteiger partial charge in [-0.3, -0.25) is 10.1 Å². The van der Waals surface area contributed by atoms with Crippen molar-refractivity contribution in [3.8, 4) is 11.1 Å². The first-order valence-corrected chi connectivity index (χ1v) is 19.9. The summed E-state index contributed by atoms with van der Waals surface area (Å²) in [6.07, 6.45) is 0. The summed E-state index contributed by atoms with van der Waals surface area (Å²) in [6, 6.07) is 67.2. The van der Waals surface area contributed by atoms with E-state index in [4.69, 9.17) is 0 Å². The van der Waals surface area contributed by atoms with E-state index in [1.54, 1.807) is 12.1 Å². The van der Waals surface area contributed by atoms with Crippen molar-refractivity contribution in [2.24, 2.45) is 0 Å². The van der Waals surface area contributed by atoms with E-state index in [0.717, 1.165) is 5.56 Å². The molecule has 1 heterocycles. The topological polar surface area (TPSA) is 43.1 Å². The molecule has 0 unspecified atom stereocenters. The van der Waals surface area contributed by atoms with Gasteiger partial charge in [0, 0.05) is 6.07 Å². The van der Waals surface area contributed by atoms with Crippen LogP contribution in [-0.4, -0.2) is 21.1 Å². The second kappa shape index (κ2) is 11.6. The Hall–Kier alpha value is -5.63. The Morgan fingerprint density at radius 2 is 0.681 bits per heavy atom. The number of rotatable bonds is 6. The van der Waals surface area contributed by atoms with Gasteiger partial charge in [0.05, 0.1) is 10.5 Å². The van der Waals surface area contributed by atoms with Crippen LogP contribution in [0.2, 0.25) is 0 Å². The van der Waals surface area contributed by atoms with Gasteiger partial charge in [-0.2, -0.15) is 0 Å². The molecular weight excluding hydrogens is 607 g/mol. The van der Waals surface area contributed by atoms with Gasteiger partial charge < -0.3 is 0 Å².